The molecule has 0 aromatic heterocycles. The van der Waals surface area contributed by atoms with Crippen LogP contribution in [0.3, 0.4) is 0 Å². The third-order valence-electron chi connectivity index (χ3n) is 2.87. The lowest BCUT2D eigenvalue weighted by atomic mass is 10.1. The van der Waals surface area contributed by atoms with Crippen molar-refractivity contribution in [1.82, 2.24) is 5.32 Å². The van der Waals surface area contributed by atoms with Crippen molar-refractivity contribution in [3.8, 4) is 0 Å². The highest BCUT2D eigenvalue weighted by Crippen LogP contribution is 2.36. The number of nitrogens with zero attached hydrogens (tertiary/aromatic N) is 1. The molecule has 5 heteroatoms. The molecule has 0 radical (unpaired) electrons. The number of halogens is 3. The molecule has 0 fully saturated rings. The summed E-state index contributed by atoms with van der Waals surface area (Å²) in [5.74, 6) is 0. The molecule has 0 atom stereocenters. The van der Waals surface area contributed by atoms with E-state index in [9.17, 15) is 13.2 Å². The summed E-state index contributed by atoms with van der Waals surface area (Å²) >= 11 is 0. The minimum atomic E-state index is -4.31. The molecule has 19 heavy (non-hydrogen) atoms. The predicted molar refractivity (Wildman–Crippen MR) is 72.5 cm³/mol. The Bertz CT molecular complexity index is 389. The lowest BCUT2D eigenvalue weighted by molar-refractivity contribution is -0.137. The summed E-state index contributed by atoms with van der Waals surface area (Å²) in [5.41, 5.74) is -0.315. The number of hydrogen-bond donors (Lipinski definition) is 1. The van der Waals surface area contributed by atoms with Crippen LogP contribution in [0.5, 0.6) is 0 Å². The normalized spacial score (nSPS) is 11.9. The fourth-order valence-electron chi connectivity index (χ4n) is 1.93. The van der Waals surface area contributed by atoms with Crippen LogP contribution < -0.4 is 10.2 Å². The first-order valence-corrected chi connectivity index (χ1v) is 6.50. The van der Waals surface area contributed by atoms with E-state index in [1.165, 1.54) is 12.1 Å². The van der Waals surface area contributed by atoms with E-state index in [0.29, 0.717) is 25.7 Å². The van der Waals surface area contributed by atoms with Crippen LogP contribution in [0.1, 0.15) is 26.3 Å². The zero-order valence-corrected chi connectivity index (χ0v) is 11.6. The van der Waals surface area contributed by atoms with Crippen molar-refractivity contribution in [2.24, 2.45) is 0 Å². The highest BCUT2D eigenvalue weighted by molar-refractivity contribution is 5.54. The molecule has 2 nitrogen and oxygen atoms in total. The third-order valence-corrected chi connectivity index (χ3v) is 2.87. The Morgan fingerprint density at radius 2 is 1.84 bits per heavy atom. The summed E-state index contributed by atoms with van der Waals surface area (Å²) in [7, 11) is 0. The van der Waals surface area contributed by atoms with Gasteiger partial charge in [0.15, 0.2) is 0 Å². The second-order valence-corrected chi connectivity index (χ2v) is 4.70. The van der Waals surface area contributed by atoms with Gasteiger partial charge in [-0.1, -0.05) is 26.0 Å². The summed E-state index contributed by atoms with van der Waals surface area (Å²) in [6.45, 7) is 7.66. The molecule has 1 rings (SSSR count). The maximum absolute atomic E-state index is 13.0. The zero-order valence-electron chi connectivity index (χ0n) is 11.6. The number of para-hydroxylation sites is 1. The van der Waals surface area contributed by atoms with Gasteiger partial charge in [0.2, 0.25) is 0 Å². The standard InChI is InChI=1S/C14H21F3N2/c1-4-19(10-9-18-11(2)3)13-8-6-5-7-12(13)14(15,16)17/h5-8,11,18H,4,9-10H2,1-3H3. The first kappa shape index (κ1) is 15.8. The van der Waals surface area contributed by atoms with Crippen molar-refractivity contribution in [3.05, 3.63) is 29.8 Å². The molecule has 0 aliphatic carbocycles. The van der Waals surface area contributed by atoms with Crippen LogP contribution in [-0.2, 0) is 6.18 Å². The van der Waals surface area contributed by atoms with Crippen molar-refractivity contribution in [2.45, 2.75) is 33.0 Å². The van der Waals surface area contributed by atoms with E-state index >= 15 is 0 Å². The van der Waals surface area contributed by atoms with Crippen LogP contribution in [-0.4, -0.2) is 25.7 Å². The summed E-state index contributed by atoms with van der Waals surface area (Å²) in [5, 5.41) is 3.22. The van der Waals surface area contributed by atoms with Gasteiger partial charge in [-0.05, 0) is 19.1 Å². The number of hydrogen-bond acceptors (Lipinski definition) is 2. The summed E-state index contributed by atoms with van der Waals surface area (Å²) in [6, 6.07) is 6.06. The second-order valence-electron chi connectivity index (χ2n) is 4.70. The quantitative estimate of drug-likeness (QED) is 0.853. The molecule has 0 amide bonds. The van der Waals surface area contributed by atoms with Gasteiger partial charge in [-0.25, -0.2) is 0 Å². The largest absolute Gasteiger partial charge is 0.418 e. The number of nitrogens with one attached hydrogen (secondary N) is 1. The molecule has 0 spiro atoms. The first-order valence-electron chi connectivity index (χ1n) is 6.50. The van der Waals surface area contributed by atoms with E-state index < -0.39 is 11.7 Å². The lowest BCUT2D eigenvalue weighted by Gasteiger charge is -2.27. The average Bonchev–Trinajstić information content (AvgIpc) is 2.33. The minimum absolute atomic E-state index is 0.253. The van der Waals surface area contributed by atoms with Crippen molar-refractivity contribution in [1.29, 1.82) is 0 Å². The molecule has 1 N–H and O–H groups in total. The number of likely N-dealkylation sites (N-methyl/N-ethyl adjacent to an activating group) is 1. The molecular formula is C14H21F3N2. The molecular weight excluding hydrogens is 253 g/mol. The van der Waals surface area contributed by atoms with Crippen LogP contribution in [0.2, 0.25) is 0 Å². The van der Waals surface area contributed by atoms with Crippen LogP contribution in [0.15, 0.2) is 24.3 Å². The van der Waals surface area contributed by atoms with E-state index in [2.05, 4.69) is 5.32 Å². The monoisotopic (exact) mass is 274 g/mol. The molecule has 1 aromatic carbocycles. The average molecular weight is 274 g/mol. The molecule has 108 valence electrons. The molecule has 0 heterocycles. The van der Waals surface area contributed by atoms with Gasteiger partial charge in [0.05, 0.1) is 5.56 Å². The van der Waals surface area contributed by atoms with E-state index in [1.54, 1.807) is 11.0 Å². The maximum atomic E-state index is 13.0. The van der Waals surface area contributed by atoms with E-state index in [1.807, 2.05) is 20.8 Å². The molecule has 0 aliphatic rings. The fourth-order valence-corrected chi connectivity index (χ4v) is 1.93. The Morgan fingerprint density at radius 3 is 2.37 bits per heavy atom. The minimum Gasteiger partial charge on any atom is -0.370 e. The summed E-state index contributed by atoms with van der Waals surface area (Å²) in [4.78, 5) is 1.75. The molecule has 0 saturated heterocycles. The second kappa shape index (κ2) is 6.80. The maximum Gasteiger partial charge on any atom is 0.418 e. The number of anilines is 1. The molecule has 1 aromatic rings. The smallest absolute Gasteiger partial charge is 0.370 e. The highest BCUT2D eigenvalue weighted by atomic mass is 19.4. The SMILES string of the molecule is CCN(CCNC(C)C)c1ccccc1C(F)(F)F. The predicted octanol–water partition coefficient (Wildman–Crippen LogP) is 3.53. The molecule has 0 bridgehead atoms. The van der Waals surface area contributed by atoms with E-state index in [4.69, 9.17) is 0 Å². The van der Waals surface area contributed by atoms with Gasteiger partial charge in [-0.2, -0.15) is 13.2 Å². The fraction of sp³-hybridized carbons (Fsp3) is 0.571. The molecule has 0 saturated carbocycles. The topological polar surface area (TPSA) is 15.3 Å². The Morgan fingerprint density at radius 1 is 1.21 bits per heavy atom. The van der Waals surface area contributed by atoms with Crippen molar-refractivity contribution >= 4 is 5.69 Å². The van der Waals surface area contributed by atoms with Gasteiger partial charge in [0, 0.05) is 31.4 Å². The number of alkyl halides is 3. The van der Waals surface area contributed by atoms with E-state index in [-0.39, 0.29) is 5.69 Å². The van der Waals surface area contributed by atoms with Gasteiger partial charge in [-0.3, -0.25) is 0 Å². The van der Waals surface area contributed by atoms with Crippen LogP contribution in [0, 0.1) is 0 Å². The van der Waals surface area contributed by atoms with Crippen molar-refractivity contribution < 1.29 is 13.2 Å². The van der Waals surface area contributed by atoms with Crippen molar-refractivity contribution in [3.63, 3.8) is 0 Å². The van der Waals surface area contributed by atoms with E-state index in [0.717, 1.165) is 6.07 Å². The molecule has 0 unspecified atom stereocenters. The van der Waals surface area contributed by atoms with Gasteiger partial charge in [-0.15, -0.1) is 0 Å². The number of benzene rings is 1. The highest BCUT2D eigenvalue weighted by Gasteiger charge is 2.34. The number of rotatable bonds is 6. The van der Waals surface area contributed by atoms with Crippen LogP contribution in [0.4, 0.5) is 18.9 Å². The van der Waals surface area contributed by atoms with Gasteiger partial charge < -0.3 is 10.2 Å². The molecule has 0 aliphatic heterocycles. The Labute approximate surface area is 112 Å². The van der Waals surface area contributed by atoms with Crippen molar-refractivity contribution in [2.75, 3.05) is 24.5 Å². The summed E-state index contributed by atoms with van der Waals surface area (Å²) in [6.07, 6.45) is -4.31. The Hall–Kier alpha value is -1.23. The van der Waals surface area contributed by atoms with Gasteiger partial charge in [0.1, 0.15) is 0 Å². The summed E-state index contributed by atoms with van der Waals surface area (Å²) < 4.78 is 38.9. The van der Waals surface area contributed by atoms with Crippen LogP contribution >= 0.6 is 0 Å². The van der Waals surface area contributed by atoms with Gasteiger partial charge >= 0.3 is 6.18 Å². The Kier molecular flexibility index (Phi) is 5.66. The van der Waals surface area contributed by atoms with Gasteiger partial charge in [0.25, 0.3) is 0 Å². The zero-order chi connectivity index (χ0) is 14.5. The van der Waals surface area contributed by atoms with Crippen LogP contribution in [0.25, 0.3) is 0 Å². The third kappa shape index (κ3) is 4.74. The Balaban J connectivity index is 2.86. The first-order chi connectivity index (χ1) is 8.86. The lowest BCUT2D eigenvalue weighted by Crippen LogP contribution is -2.35.